The second kappa shape index (κ2) is 7.74. The molecule has 0 spiro atoms. The van der Waals surface area contributed by atoms with Crippen LogP contribution in [0.3, 0.4) is 0 Å². The van der Waals surface area contributed by atoms with Gasteiger partial charge < -0.3 is 11.1 Å². The van der Waals surface area contributed by atoms with Crippen LogP contribution in [0.25, 0.3) is 0 Å². The number of hydrogen-bond donors (Lipinski definition) is 2. The smallest absolute Gasteiger partial charge is 0.104 e. The number of benzene rings is 1. The van der Waals surface area contributed by atoms with E-state index in [1.807, 2.05) is 18.2 Å². The van der Waals surface area contributed by atoms with E-state index in [-0.39, 0.29) is 0 Å². The Bertz CT molecular complexity index is 405. The molecule has 2 nitrogen and oxygen atoms in total. The molecule has 0 saturated carbocycles. The number of halogens is 1. The molecule has 0 aromatic heterocycles. The van der Waals surface area contributed by atoms with E-state index in [1.165, 1.54) is 19.3 Å². The minimum absolute atomic E-state index is 0.430. The molecular formula is C14H21BrN2S. The highest BCUT2D eigenvalue weighted by Crippen LogP contribution is 2.23. The van der Waals surface area contributed by atoms with Gasteiger partial charge >= 0.3 is 0 Å². The van der Waals surface area contributed by atoms with E-state index in [0.717, 1.165) is 28.2 Å². The molecule has 1 rings (SSSR count). The van der Waals surface area contributed by atoms with Gasteiger partial charge in [0, 0.05) is 22.3 Å². The molecule has 1 aromatic carbocycles. The van der Waals surface area contributed by atoms with Crippen LogP contribution in [0.1, 0.15) is 38.7 Å². The summed E-state index contributed by atoms with van der Waals surface area (Å²) in [6, 6.07) is 5.92. The fourth-order valence-corrected chi connectivity index (χ4v) is 2.36. The zero-order valence-electron chi connectivity index (χ0n) is 11.0. The third kappa shape index (κ3) is 5.36. The molecule has 100 valence electrons. The molecule has 0 radical (unpaired) electrons. The highest BCUT2D eigenvalue weighted by Gasteiger charge is 2.02. The average Bonchev–Trinajstić information content (AvgIpc) is 2.29. The third-order valence-corrected chi connectivity index (χ3v) is 3.67. The fraction of sp³-hybridized carbons (Fsp3) is 0.500. The van der Waals surface area contributed by atoms with Crippen molar-refractivity contribution >= 4 is 38.8 Å². The molecule has 0 bridgehead atoms. The van der Waals surface area contributed by atoms with E-state index in [0.29, 0.717) is 4.99 Å². The quantitative estimate of drug-likeness (QED) is 0.578. The van der Waals surface area contributed by atoms with Crippen LogP contribution in [0.2, 0.25) is 0 Å². The van der Waals surface area contributed by atoms with Crippen molar-refractivity contribution < 1.29 is 0 Å². The molecule has 4 heteroatoms. The first kappa shape index (κ1) is 15.4. The van der Waals surface area contributed by atoms with Crippen LogP contribution in [-0.2, 0) is 0 Å². The number of hydrogen-bond acceptors (Lipinski definition) is 2. The maximum atomic E-state index is 5.59. The lowest BCUT2D eigenvalue weighted by Gasteiger charge is -2.10. The maximum absolute atomic E-state index is 5.59. The van der Waals surface area contributed by atoms with Crippen LogP contribution in [0.4, 0.5) is 5.69 Å². The van der Waals surface area contributed by atoms with Crippen LogP contribution in [0.15, 0.2) is 22.7 Å². The maximum Gasteiger partial charge on any atom is 0.104 e. The second-order valence-corrected chi connectivity index (χ2v) is 6.17. The lowest BCUT2D eigenvalue weighted by Crippen LogP contribution is -2.10. The van der Waals surface area contributed by atoms with Gasteiger partial charge in [0.2, 0.25) is 0 Å². The molecule has 0 fully saturated rings. The minimum atomic E-state index is 0.430. The summed E-state index contributed by atoms with van der Waals surface area (Å²) in [5, 5.41) is 3.42. The highest BCUT2D eigenvalue weighted by atomic mass is 79.9. The van der Waals surface area contributed by atoms with E-state index in [2.05, 4.69) is 35.1 Å². The topological polar surface area (TPSA) is 38.0 Å². The molecule has 3 N–H and O–H groups in total. The fourth-order valence-electron chi connectivity index (χ4n) is 1.71. The van der Waals surface area contributed by atoms with Crippen molar-refractivity contribution in [3.63, 3.8) is 0 Å². The number of nitrogens with two attached hydrogens (primary N) is 1. The summed E-state index contributed by atoms with van der Waals surface area (Å²) in [4.78, 5) is 0.430. The lowest BCUT2D eigenvalue weighted by molar-refractivity contribution is 0.545. The molecule has 0 saturated heterocycles. The summed E-state index contributed by atoms with van der Waals surface area (Å²) in [5.74, 6) is 0.793. The second-order valence-electron chi connectivity index (χ2n) is 4.88. The zero-order chi connectivity index (χ0) is 13.5. The summed E-state index contributed by atoms with van der Waals surface area (Å²) < 4.78 is 1.01. The first-order valence-electron chi connectivity index (χ1n) is 6.34. The van der Waals surface area contributed by atoms with Gasteiger partial charge in [-0.25, -0.2) is 0 Å². The molecule has 0 aliphatic carbocycles. The van der Waals surface area contributed by atoms with Crippen LogP contribution < -0.4 is 11.1 Å². The summed E-state index contributed by atoms with van der Waals surface area (Å²) in [6.45, 7) is 5.52. The van der Waals surface area contributed by atoms with E-state index in [1.54, 1.807) is 0 Å². The van der Waals surface area contributed by atoms with Crippen molar-refractivity contribution in [1.82, 2.24) is 0 Å². The Balaban J connectivity index is 2.41. The van der Waals surface area contributed by atoms with E-state index >= 15 is 0 Å². The molecule has 18 heavy (non-hydrogen) atoms. The first-order valence-corrected chi connectivity index (χ1v) is 7.54. The predicted octanol–water partition coefficient (Wildman–Crippen LogP) is 4.32. The third-order valence-electron chi connectivity index (χ3n) is 2.78. The molecule has 0 amide bonds. The zero-order valence-corrected chi connectivity index (χ0v) is 13.4. The SMILES string of the molecule is CC(C)CCCCNc1ccc(C(N)=S)cc1Br. The van der Waals surface area contributed by atoms with E-state index in [4.69, 9.17) is 18.0 Å². The van der Waals surface area contributed by atoms with Gasteiger partial charge in [-0.3, -0.25) is 0 Å². The number of rotatable bonds is 7. The Morgan fingerprint density at radius 1 is 1.39 bits per heavy atom. The molecule has 0 heterocycles. The Labute approximate surface area is 123 Å². The van der Waals surface area contributed by atoms with Crippen molar-refractivity contribution in [1.29, 1.82) is 0 Å². The first-order chi connectivity index (χ1) is 8.50. The summed E-state index contributed by atoms with van der Waals surface area (Å²) >= 11 is 8.48. The van der Waals surface area contributed by atoms with Crippen molar-refractivity contribution in [2.45, 2.75) is 33.1 Å². The molecule has 0 aliphatic heterocycles. The van der Waals surface area contributed by atoms with Crippen molar-refractivity contribution in [3.05, 3.63) is 28.2 Å². The van der Waals surface area contributed by atoms with Gasteiger partial charge in [-0.05, 0) is 46.5 Å². The van der Waals surface area contributed by atoms with E-state index in [9.17, 15) is 0 Å². The Hall–Kier alpha value is -0.610. The number of thiocarbonyl (C=S) groups is 1. The number of nitrogens with one attached hydrogen (secondary N) is 1. The lowest BCUT2D eigenvalue weighted by atomic mass is 10.1. The van der Waals surface area contributed by atoms with Crippen molar-refractivity contribution in [2.24, 2.45) is 11.7 Å². The normalized spacial score (nSPS) is 10.7. The Morgan fingerprint density at radius 2 is 2.11 bits per heavy atom. The number of anilines is 1. The Morgan fingerprint density at radius 3 is 2.67 bits per heavy atom. The van der Waals surface area contributed by atoms with Gasteiger partial charge in [-0.15, -0.1) is 0 Å². The summed E-state index contributed by atoms with van der Waals surface area (Å²) in [6.07, 6.45) is 3.76. The van der Waals surface area contributed by atoms with Crippen LogP contribution in [0, 0.1) is 5.92 Å². The summed E-state index contributed by atoms with van der Waals surface area (Å²) in [5.41, 5.74) is 7.58. The molecule has 0 aliphatic rings. The van der Waals surface area contributed by atoms with Crippen LogP contribution >= 0.6 is 28.1 Å². The average molecular weight is 329 g/mol. The largest absolute Gasteiger partial charge is 0.389 e. The monoisotopic (exact) mass is 328 g/mol. The molecular weight excluding hydrogens is 308 g/mol. The highest BCUT2D eigenvalue weighted by molar-refractivity contribution is 9.10. The molecule has 1 aromatic rings. The number of unbranched alkanes of at least 4 members (excludes halogenated alkanes) is 1. The van der Waals surface area contributed by atoms with Gasteiger partial charge in [-0.1, -0.05) is 38.9 Å². The van der Waals surface area contributed by atoms with Gasteiger partial charge in [0.05, 0.1) is 0 Å². The van der Waals surface area contributed by atoms with Gasteiger partial charge in [0.1, 0.15) is 4.99 Å². The van der Waals surface area contributed by atoms with Gasteiger partial charge in [0.15, 0.2) is 0 Å². The molecule has 0 unspecified atom stereocenters. The van der Waals surface area contributed by atoms with Gasteiger partial charge in [-0.2, -0.15) is 0 Å². The Kier molecular flexibility index (Phi) is 6.65. The minimum Gasteiger partial charge on any atom is -0.389 e. The van der Waals surface area contributed by atoms with Crippen molar-refractivity contribution in [3.8, 4) is 0 Å². The standard InChI is InChI=1S/C14H21BrN2S/c1-10(2)5-3-4-8-17-13-7-6-11(14(16)18)9-12(13)15/h6-7,9-10,17H,3-5,8H2,1-2H3,(H2,16,18). The predicted molar refractivity (Wildman–Crippen MR) is 87.2 cm³/mol. The van der Waals surface area contributed by atoms with Crippen LogP contribution in [0.5, 0.6) is 0 Å². The van der Waals surface area contributed by atoms with Gasteiger partial charge in [0.25, 0.3) is 0 Å². The van der Waals surface area contributed by atoms with Crippen LogP contribution in [-0.4, -0.2) is 11.5 Å². The van der Waals surface area contributed by atoms with E-state index < -0.39 is 0 Å². The molecule has 0 atom stereocenters. The van der Waals surface area contributed by atoms with Crippen molar-refractivity contribution in [2.75, 3.05) is 11.9 Å². The summed E-state index contributed by atoms with van der Waals surface area (Å²) in [7, 11) is 0.